The molecule has 3 heterocycles. The van der Waals surface area contributed by atoms with Crippen LogP contribution in [0.25, 0.3) is 10.9 Å². The SMILES string of the molecule is C1=CC2=NN(n3ccc4ccccc43)CN2C=C1. The summed E-state index contributed by atoms with van der Waals surface area (Å²) in [7, 11) is 0. The molecule has 0 radical (unpaired) electrons. The molecule has 1 aromatic carbocycles. The van der Waals surface area contributed by atoms with Crippen LogP contribution >= 0.6 is 0 Å². The Kier molecular flexibility index (Phi) is 1.85. The number of hydrogen-bond donors (Lipinski definition) is 0. The monoisotopic (exact) mass is 236 g/mol. The predicted molar refractivity (Wildman–Crippen MR) is 72.6 cm³/mol. The van der Waals surface area contributed by atoms with Gasteiger partial charge in [0.05, 0.1) is 5.52 Å². The van der Waals surface area contributed by atoms with Crippen molar-refractivity contribution in [2.45, 2.75) is 0 Å². The van der Waals surface area contributed by atoms with Crippen LogP contribution in [0.3, 0.4) is 0 Å². The molecule has 0 N–H and O–H groups in total. The zero-order chi connectivity index (χ0) is 11.9. The van der Waals surface area contributed by atoms with E-state index >= 15 is 0 Å². The molecule has 0 unspecified atom stereocenters. The number of hydrazone groups is 1. The zero-order valence-electron chi connectivity index (χ0n) is 9.77. The first-order valence-electron chi connectivity index (χ1n) is 5.96. The summed E-state index contributed by atoms with van der Waals surface area (Å²) in [4.78, 5) is 2.12. The van der Waals surface area contributed by atoms with Crippen molar-refractivity contribution in [3.63, 3.8) is 0 Å². The summed E-state index contributed by atoms with van der Waals surface area (Å²) in [5.41, 5.74) is 1.18. The summed E-state index contributed by atoms with van der Waals surface area (Å²) in [5, 5.41) is 7.80. The standard InChI is InChI=1S/C14H12N4/c1-2-6-13-12(5-1)8-10-17(13)18-11-16-9-4-3-7-14(16)15-18/h1-10H,11H2. The van der Waals surface area contributed by atoms with Gasteiger partial charge >= 0.3 is 0 Å². The van der Waals surface area contributed by atoms with E-state index < -0.39 is 0 Å². The molecule has 2 aliphatic rings. The van der Waals surface area contributed by atoms with Gasteiger partial charge in [-0.25, -0.2) is 4.68 Å². The van der Waals surface area contributed by atoms with Gasteiger partial charge < -0.3 is 4.90 Å². The van der Waals surface area contributed by atoms with Crippen LogP contribution in [0.4, 0.5) is 0 Å². The topological polar surface area (TPSA) is 23.8 Å². The average molecular weight is 236 g/mol. The van der Waals surface area contributed by atoms with E-state index in [-0.39, 0.29) is 0 Å². The van der Waals surface area contributed by atoms with Crippen LogP contribution in [0.5, 0.6) is 0 Å². The Bertz CT molecular complexity index is 693. The molecular formula is C14H12N4. The molecule has 2 aliphatic heterocycles. The summed E-state index contributed by atoms with van der Waals surface area (Å²) < 4.78 is 2.09. The molecule has 4 heteroatoms. The Hall–Kier alpha value is -2.49. The highest BCUT2D eigenvalue weighted by molar-refractivity contribution is 5.96. The molecule has 4 rings (SSSR count). The van der Waals surface area contributed by atoms with E-state index in [2.05, 4.69) is 51.2 Å². The van der Waals surface area contributed by atoms with Gasteiger partial charge in [-0.05, 0) is 24.3 Å². The number of amidine groups is 1. The van der Waals surface area contributed by atoms with E-state index in [9.17, 15) is 0 Å². The summed E-state index contributed by atoms with van der Waals surface area (Å²) in [6.45, 7) is 0.745. The van der Waals surface area contributed by atoms with Gasteiger partial charge in [-0.2, -0.15) is 5.12 Å². The molecule has 0 aliphatic carbocycles. The Labute approximate surface area is 105 Å². The van der Waals surface area contributed by atoms with Gasteiger partial charge in [0.25, 0.3) is 0 Å². The van der Waals surface area contributed by atoms with Crippen LogP contribution in [0.15, 0.2) is 66.1 Å². The fourth-order valence-electron chi connectivity index (χ4n) is 2.35. The number of allylic oxidation sites excluding steroid dienone is 2. The van der Waals surface area contributed by atoms with E-state index in [0.717, 1.165) is 12.5 Å². The first kappa shape index (κ1) is 9.53. The summed E-state index contributed by atoms with van der Waals surface area (Å²) in [6, 6.07) is 10.4. The summed E-state index contributed by atoms with van der Waals surface area (Å²) in [6.07, 6.45) is 10.2. The number of nitrogens with zero attached hydrogens (tertiary/aromatic N) is 4. The van der Waals surface area contributed by atoms with Crippen molar-refractivity contribution >= 4 is 16.7 Å². The molecular weight excluding hydrogens is 224 g/mol. The van der Waals surface area contributed by atoms with Crippen LogP contribution in [0, 0.1) is 0 Å². The number of benzene rings is 1. The summed E-state index contributed by atoms with van der Waals surface area (Å²) >= 11 is 0. The highest BCUT2D eigenvalue weighted by Crippen LogP contribution is 2.19. The van der Waals surface area contributed by atoms with E-state index in [1.165, 1.54) is 10.9 Å². The maximum atomic E-state index is 4.60. The van der Waals surface area contributed by atoms with Crippen molar-refractivity contribution in [2.24, 2.45) is 5.10 Å². The largest absolute Gasteiger partial charge is 0.310 e. The first-order chi connectivity index (χ1) is 8.92. The van der Waals surface area contributed by atoms with Gasteiger partial charge in [-0.3, -0.25) is 0 Å². The van der Waals surface area contributed by atoms with E-state index in [0.29, 0.717) is 0 Å². The third kappa shape index (κ3) is 1.29. The average Bonchev–Trinajstić information content (AvgIpc) is 3.02. The molecule has 0 atom stereocenters. The number of fused-ring (bicyclic) bond motifs is 2. The fourth-order valence-corrected chi connectivity index (χ4v) is 2.35. The molecule has 0 saturated carbocycles. The maximum absolute atomic E-state index is 4.60. The number of para-hydroxylation sites is 1. The highest BCUT2D eigenvalue weighted by Gasteiger charge is 2.22. The molecule has 0 fully saturated rings. The minimum Gasteiger partial charge on any atom is -0.310 e. The lowest BCUT2D eigenvalue weighted by Gasteiger charge is -2.19. The molecule has 88 valence electrons. The maximum Gasteiger partial charge on any atom is 0.156 e. The van der Waals surface area contributed by atoms with Crippen molar-refractivity contribution in [3.8, 4) is 0 Å². The fraction of sp³-hybridized carbons (Fsp3) is 0.0714. The number of rotatable bonds is 1. The second-order valence-electron chi connectivity index (χ2n) is 4.36. The lowest BCUT2D eigenvalue weighted by atomic mass is 10.3. The number of aromatic nitrogens is 1. The second kappa shape index (κ2) is 3.50. The van der Waals surface area contributed by atoms with Crippen molar-refractivity contribution in [2.75, 3.05) is 11.8 Å². The molecule has 0 spiro atoms. The predicted octanol–water partition coefficient (Wildman–Crippen LogP) is 2.25. The Morgan fingerprint density at radius 2 is 2.00 bits per heavy atom. The third-order valence-electron chi connectivity index (χ3n) is 3.24. The van der Waals surface area contributed by atoms with Crippen LogP contribution < -0.4 is 5.12 Å². The normalized spacial score (nSPS) is 17.4. The minimum atomic E-state index is 0.745. The van der Waals surface area contributed by atoms with Crippen molar-refractivity contribution in [3.05, 3.63) is 61.0 Å². The van der Waals surface area contributed by atoms with Crippen LogP contribution in [0.2, 0.25) is 0 Å². The van der Waals surface area contributed by atoms with Gasteiger partial charge in [0.15, 0.2) is 5.84 Å². The smallest absolute Gasteiger partial charge is 0.156 e. The zero-order valence-corrected chi connectivity index (χ0v) is 9.77. The second-order valence-corrected chi connectivity index (χ2v) is 4.36. The van der Waals surface area contributed by atoms with E-state index in [1.807, 2.05) is 29.5 Å². The highest BCUT2D eigenvalue weighted by atomic mass is 15.8. The first-order valence-corrected chi connectivity index (χ1v) is 5.96. The van der Waals surface area contributed by atoms with Gasteiger partial charge in [0.1, 0.15) is 6.67 Å². The molecule has 2 aromatic rings. The molecule has 18 heavy (non-hydrogen) atoms. The van der Waals surface area contributed by atoms with E-state index in [1.54, 1.807) is 0 Å². The summed E-state index contributed by atoms with van der Waals surface area (Å²) in [5.74, 6) is 0.982. The van der Waals surface area contributed by atoms with Gasteiger partial charge in [-0.15, -0.1) is 5.10 Å². The van der Waals surface area contributed by atoms with Crippen molar-refractivity contribution < 1.29 is 0 Å². The lowest BCUT2D eigenvalue weighted by molar-refractivity contribution is 0.519. The molecule has 4 nitrogen and oxygen atoms in total. The Morgan fingerprint density at radius 3 is 2.94 bits per heavy atom. The van der Waals surface area contributed by atoms with Crippen LogP contribution in [-0.4, -0.2) is 22.1 Å². The molecule has 0 amide bonds. The quantitative estimate of drug-likeness (QED) is 0.758. The number of hydrogen-bond acceptors (Lipinski definition) is 3. The molecule has 0 bridgehead atoms. The minimum absolute atomic E-state index is 0.745. The van der Waals surface area contributed by atoms with Gasteiger partial charge in [0, 0.05) is 17.8 Å². The van der Waals surface area contributed by atoms with Crippen LogP contribution in [0.1, 0.15) is 0 Å². The van der Waals surface area contributed by atoms with Crippen LogP contribution in [-0.2, 0) is 0 Å². The molecule has 0 saturated heterocycles. The third-order valence-corrected chi connectivity index (χ3v) is 3.24. The molecule has 1 aromatic heterocycles. The van der Waals surface area contributed by atoms with Gasteiger partial charge in [0.2, 0.25) is 0 Å². The Balaban J connectivity index is 1.79. The Morgan fingerprint density at radius 1 is 1.06 bits per heavy atom. The van der Waals surface area contributed by atoms with Crippen molar-refractivity contribution in [1.29, 1.82) is 0 Å². The van der Waals surface area contributed by atoms with Crippen molar-refractivity contribution in [1.82, 2.24) is 9.58 Å². The van der Waals surface area contributed by atoms with Gasteiger partial charge in [-0.1, -0.05) is 24.3 Å². The van der Waals surface area contributed by atoms with E-state index in [4.69, 9.17) is 0 Å². The lowest BCUT2D eigenvalue weighted by Crippen LogP contribution is -2.32.